The first-order valence-electron chi connectivity index (χ1n) is 7.84. The van der Waals surface area contributed by atoms with E-state index < -0.39 is 0 Å². The minimum atomic E-state index is 0.185. The highest BCUT2D eigenvalue weighted by Gasteiger charge is 2.22. The van der Waals surface area contributed by atoms with Crippen LogP contribution in [0, 0.1) is 0 Å². The van der Waals surface area contributed by atoms with E-state index >= 15 is 0 Å². The molecular weight excluding hydrogens is 274 g/mol. The molecule has 0 spiro atoms. The molecule has 0 aromatic heterocycles. The smallest absolute Gasteiger partial charge is 0.120 e. The van der Waals surface area contributed by atoms with Gasteiger partial charge in [0.05, 0.1) is 19.3 Å². The Bertz CT molecular complexity index is 652. The molecule has 2 aromatic carbocycles. The van der Waals surface area contributed by atoms with Gasteiger partial charge in [-0.05, 0) is 61.2 Å². The zero-order valence-corrected chi connectivity index (χ0v) is 13.4. The van der Waals surface area contributed by atoms with E-state index in [0.29, 0.717) is 0 Å². The topological polar surface area (TPSA) is 30.5 Å². The Hall–Kier alpha value is -2.00. The summed E-state index contributed by atoms with van der Waals surface area (Å²) >= 11 is 0. The second-order valence-corrected chi connectivity index (χ2v) is 5.94. The van der Waals surface area contributed by atoms with Crippen molar-refractivity contribution in [3.63, 3.8) is 0 Å². The molecule has 3 heteroatoms. The second-order valence-electron chi connectivity index (χ2n) is 5.94. The van der Waals surface area contributed by atoms with Gasteiger partial charge in [-0.3, -0.25) is 0 Å². The SMILES string of the molecule is COc1cccc(C2NCCc3ccc(OC(C)C)cc32)c1. The first kappa shape index (κ1) is 14.9. The third-order valence-electron chi connectivity index (χ3n) is 3.97. The fourth-order valence-electron chi connectivity index (χ4n) is 2.99. The maximum atomic E-state index is 5.86. The molecule has 1 atom stereocenters. The molecule has 1 aliphatic rings. The highest BCUT2D eigenvalue weighted by molar-refractivity contribution is 5.45. The Labute approximate surface area is 132 Å². The van der Waals surface area contributed by atoms with E-state index in [4.69, 9.17) is 9.47 Å². The summed E-state index contributed by atoms with van der Waals surface area (Å²) in [6.07, 6.45) is 1.24. The van der Waals surface area contributed by atoms with Crippen molar-refractivity contribution in [1.82, 2.24) is 5.32 Å². The molecule has 0 radical (unpaired) electrons. The molecule has 0 bridgehead atoms. The van der Waals surface area contributed by atoms with E-state index in [9.17, 15) is 0 Å². The first-order chi connectivity index (χ1) is 10.7. The lowest BCUT2D eigenvalue weighted by atomic mass is 9.89. The molecule has 1 unspecified atom stereocenters. The highest BCUT2D eigenvalue weighted by Crippen LogP contribution is 2.33. The molecule has 2 aromatic rings. The van der Waals surface area contributed by atoms with E-state index in [1.165, 1.54) is 16.7 Å². The number of fused-ring (bicyclic) bond motifs is 1. The molecule has 0 saturated carbocycles. The standard InChI is InChI=1S/C19H23NO2/c1-13(2)22-17-8-7-14-9-10-20-19(18(14)12-17)15-5-4-6-16(11-15)21-3/h4-8,11-13,19-20H,9-10H2,1-3H3. The van der Waals surface area contributed by atoms with Gasteiger partial charge in [-0.2, -0.15) is 0 Å². The molecule has 1 heterocycles. The van der Waals surface area contributed by atoms with E-state index in [0.717, 1.165) is 24.5 Å². The maximum absolute atomic E-state index is 5.86. The number of rotatable bonds is 4. The largest absolute Gasteiger partial charge is 0.497 e. The van der Waals surface area contributed by atoms with Gasteiger partial charge in [0, 0.05) is 6.54 Å². The Kier molecular flexibility index (Phi) is 4.34. The van der Waals surface area contributed by atoms with Crippen LogP contribution < -0.4 is 14.8 Å². The van der Waals surface area contributed by atoms with Crippen molar-refractivity contribution in [3.8, 4) is 11.5 Å². The summed E-state index contributed by atoms with van der Waals surface area (Å²) in [5.41, 5.74) is 3.92. The molecular formula is C19H23NO2. The van der Waals surface area contributed by atoms with Gasteiger partial charge in [0.1, 0.15) is 11.5 Å². The van der Waals surface area contributed by atoms with Crippen molar-refractivity contribution in [3.05, 3.63) is 59.2 Å². The summed E-state index contributed by atoms with van der Waals surface area (Å²) in [7, 11) is 1.70. The van der Waals surface area contributed by atoms with Crippen LogP contribution in [0.15, 0.2) is 42.5 Å². The third kappa shape index (κ3) is 3.09. The van der Waals surface area contributed by atoms with Crippen LogP contribution in [0.2, 0.25) is 0 Å². The summed E-state index contributed by atoms with van der Waals surface area (Å²) in [6.45, 7) is 5.09. The summed E-state index contributed by atoms with van der Waals surface area (Å²) in [6, 6.07) is 14.9. The molecule has 0 fully saturated rings. The van der Waals surface area contributed by atoms with Crippen LogP contribution in [-0.2, 0) is 6.42 Å². The molecule has 0 saturated heterocycles. The Morgan fingerprint density at radius 1 is 1.09 bits per heavy atom. The number of methoxy groups -OCH3 is 1. The Morgan fingerprint density at radius 2 is 1.95 bits per heavy atom. The van der Waals surface area contributed by atoms with Gasteiger partial charge >= 0.3 is 0 Å². The molecule has 1 N–H and O–H groups in total. The van der Waals surface area contributed by atoms with E-state index in [1.807, 2.05) is 12.1 Å². The average Bonchev–Trinajstić information content (AvgIpc) is 2.53. The maximum Gasteiger partial charge on any atom is 0.120 e. The molecule has 22 heavy (non-hydrogen) atoms. The van der Waals surface area contributed by atoms with Crippen LogP contribution in [0.25, 0.3) is 0 Å². The van der Waals surface area contributed by atoms with Crippen LogP contribution in [0.4, 0.5) is 0 Å². The Morgan fingerprint density at radius 3 is 2.73 bits per heavy atom. The molecule has 3 rings (SSSR count). The average molecular weight is 297 g/mol. The lowest BCUT2D eigenvalue weighted by Gasteiger charge is -2.28. The minimum Gasteiger partial charge on any atom is -0.497 e. The van der Waals surface area contributed by atoms with Crippen LogP contribution >= 0.6 is 0 Å². The normalized spacial score (nSPS) is 17.2. The summed E-state index contributed by atoms with van der Waals surface area (Å²) in [5.74, 6) is 1.83. The monoisotopic (exact) mass is 297 g/mol. The molecule has 3 nitrogen and oxygen atoms in total. The number of hydrogen-bond donors (Lipinski definition) is 1. The van der Waals surface area contributed by atoms with Crippen molar-refractivity contribution in [2.45, 2.75) is 32.4 Å². The second kappa shape index (κ2) is 6.41. The van der Waals surface area contributed by atoms with Crippen molar-refractivity contribution in [2.75, 3.05) is 13.7 Å². The predicted octanol–water partition coefficient (Wildman–Crippen LogP) is 3.72. The number of hydrogen-bond acceptors (Lipinski definition) is 3. The molecule has 0 amide bonds. The molecule has 1 aliphatic heterocycles. The fraction of sp³-hybridized carbons (Fsp3) is 0.368. The first-order valence-corrected chi connectivity index (χ1v) is 7.84. The lowest BCUT2D eigenvalue weighted by molar-refractivity contribution is 0.242. The van der Waals surface area contributed by atoms with Gasteiger partial charge < -0.3 is 14.8 Å². The van der Waals surface area contributed by atoms with Crippen LogP contribution in [0.1, 0.15) is 36.6 Å². The number of ether oxygens (including phenoxy) is 2. The Balaban J connectivity index is 1.98. The minimum absolute atomic E-state index is 0.185. The number of benzene rings is 2. The third-order valence-corrected chi connectivity index (χ3v) is 3.97. The zero-order chi connectivity index (χ0) is 15.5. The van der Waals surface area contributed by atoms with Gasteiger partial charge in [0.15, 0.2) is 0 Å². The van der Waals surface area contributed by atoms with Crippen LogP contribution in [0.3, 0.4) is 0 Å². The van der Waals surface area contributed by atoms with Crippen molar-refractivity contribution >= 4 is 0 Å². The predicted molar refractivity (Wildman–Crippen MR) is 88.7 cm³/mol. The zero-order valence-electron chi connectivity index (χ0n) is 13.4. The van der Waals surface area contributed by atoms with Crippen LogP contribution in [0.5, 0.6) is 11.5 Å². The quantitative estimate of drug-likeness (QED) is 0.933. The highest BCUT2D eigenvalue weighted by atomic mass is 16.5. The van der Waals surface area contributed by atoms with Crippen molar-refractivity contribution in [2.24, 2.45) is 0 Å². The summed E-state index contributed by atoms with van der Waals surface area (Å²) in [4.78, 5) is 0. The van der Waals surface area contributed by atoms with Crippen molar-refractivity contribution < 1.29 is 9.47 Å². The van der Waals surface area contributed by atoms with Gasteiger partial charge in [0.25, 0.3) is 0 Å². The summed E-state index contributed by atoms with van der Waals surface area (Å²) < 4.78 is 11.2. The van der Waals surface area contributed by atoms with Gasteiger partial charge in [-0.25, -0.2) is 0 Å². The van der Waals surface area contributed by atoms with Gasteiger partial charge in [-0.15, -0.1) is 0 Å². The number of nitrogens with one attached hydrogen (secondary N) is 1. The molecule has 116 valence electrons. The van der Waals surface area contributed by atoms with E-state index in [2.05, 4.69) is 49.5 Å². The van der Waals surface area contributed by atoms with E-state index in [1.54, 1.807) is 7.11 Å². The van der Waals surface area contributed by atoms with Gasteiger partial charge in [0.2, 0.25) is 0 Å². The van der Waals surface area contributed by atoms with Crippen LogP contribution in [-0.4, -0.2) is 19.8 Å². The lowest BCUT2D eigenvalue weighted by Crippen LogP contribution is -2.30. The van der Waals surface area contributed by atoms with E-state index in [-0.39, 0.29) is 12.1 Å². The fourth-order valence-corrected chi connectivity index (χ4v) is 2.99. The summed E-state index contributed by atoms with van der Waals surface area (Å²) in [5, 5.41) is 3.61. The van der Waals surface area contributed by atoms with Gasteiger partial charge in [-0.1, -0.05) is 18.2 Å². The van der Waals surface area contributed by atoms with Crippen molar-refractivity contribution in [1.29, 1.82) is 0 Å². The molecule has 0 aliphatic carbocycles.